The van der Waals surface area contributed by atoms with Crippen molar-refractivity contribution in [3.05, 3.63) is 58.1 Å². The fourth-order valence-electron chi connectivity index (χ4n) is 2.04. The molecule has 6 nitrogen and oxygen atoms in total. The summed E-state index contributed by atoms with van der Waals surface area (Å²) >= 11 is 11.5. The van der Waals surface area contributed by atoms with E-state index < -0.39 is 41.7 Å². The van der Waals surface area contributed by atoms with Crippen LogP contribution < -0.4 is 16.0 Å². The third kappa shape index (κ3) is 5.86. The van der Waals surface area contributed by atoms with Gasteiger partial charge >= 0.3 is 18.0 Å². The molecule has 148 valence electrons. The van der Waals surface area contributed by atoms with Gasteiger partial charge in [-0.2, -0.15) is 13.2 Å². The quantitative estimate of drug-likeness (QED) is 0.642. The highest BCUT2D eigenvalue weighted by atomic mass is 35.5. The molecule has 2 aromatic carbocycles. The normalized spacial score (nSPS) is 10.9. The average molecular weight is 434 g/mol. The molecule has 0 radical (unpaired) electrons. The first-order chi connectivity index (χ1) is 13.1. The molecule has 2 rings (SSSR count). The van der Waals surface area contributed by atoms with Gasteiger partial charge in [-0.25, -0.2) is 0 Å². The standard InChI is InChI=1S/C17H12Cl2F3N3O3/c18-11-6-5-9(7-12(11)19)24-16(28)15(27)23-8-14(26)25-13-4-2-1-3-10(13)17(20,21)22/h1-7H,8H2,(H,23,27)(H,24,28)(H,25,26). The average Bonchev–Trinajstić information content (AvgIpc) is 2.62. The molecular formula is C17H12Cl2F3N3O3. The van der Waals surface area contributed by atoms with Crippen molar-refractivity contribution in [1.29, 1.82) is 0 Å². The van der Waals surface area contributed by atoms with Gasteiger partial charge in [-0.15, -0.1) is 0 Å². The SMILES string of the molecule is O=C(CNC(=O)C(=O)Nc1ccc(Cl)c(Cl)c1)Nc1ccccc1C(F)(F)F. The summed E-state index contributed by atoms with van der Waals surface area (Å²) in [5, 5.41) is 6.68. The molecule has 3 amide bonds. The number of alkyl halides is 3. The van der Waals surface area contributed by atoms with Crippen LogP contribution in [0.4, 0.5) is 24.5 Å². The lowest BCUT2D eigenvalue weighted by molar-refractivity contribution is -0.137. The van der Waals surface area contributed by atoms with Gasteiger partial charge in [0.05, 0.1) is 27.8 Å². The number of hydrogen-bond acceptors (Lipinski definition) is 3. The molecule has 0 aromatic heterocycles. The summed E-state index contributed by atoms with van der Waals surface area (Å²) in [6.45, 7) is -0.709. The maximum absolute atomic E-state index is 12.9. The van der Waals surface area contributed by atoms with Crippen LogP contribution in [0, 0.1) is 0 Å². The lowest BCUT2D eigenvalue weighted by Crippen LogP contribution is -2.40. The highest BCUT2D eigenvalue weighted by Gasteiger charge is 2.33. The maximum atomic E-state index is 12.9. The molecule has 2 aromatic rings. The molecule has 0 bridgehead atoms. The van der Waals surface area contributed by atoms with Crippen LogP contribution in [0.5, 0.6) is 0 Å². The van der Waals surface area contributed by atoms with Gasteiger partial charge < -0.3 is 16.0 Å². The van der Waals surface area contributed by atoms with E-state index in [9.17, 15) is 27.6 Å². The van der Waals surface area contributed by atoms with E-state index in [1.54, 1.807) is 0 Å². The van der Waals surface area contributed by atoms with Crippen molar-refractivity contribution in [1.82, 2.24) is 5.32 Å². The number of halogens is 5. The van der Waals surface area contributed by atoms with Gasteiger partial charge in [0.2, 0.25) is 5.91 Å². The van der Waals surface area contributed by atoms with Crippen molar-refractivity contribution < 1.29 is 27.6 Å². The highest BCUT2D eigenvalue weighted by molar-refractivity contribution is 6.43. The monoisotopic (exact) mass is 433 g/mol. The summed E-state index contributed by atoms with van der Waals surface area (Å²) < 4.78 is 38.7. The highest BCUT2D eigenvalue weighted by Crippen LogP contribution is 2.34. The molecule has 28 heavy (non-hydrogen) atoms. The lowest BCUT2D eigenvalue weighted by Gasteiger charge is -2.13. The molecule has 0 heterocycles. The number of anilines is 2. The van der Waals surface area contributed by atoms with Gasteiger partial charge in [0.25, 0.3) is 0 Å². The van der Waals surface area contributed by atoms with Crippen molar-refractivity contribution >= 4 is 52.3 Å². The fraction of sp³-hybridized carbons (Fsp3) is 0.118. The number of carbonyl (C=O) groups excluding carboxylic acids is 3. The van der Waals surface area contributed by atoms with Crippen molar-refractivity contribution in [3.8, 4) is 0 Å². The van der Waals surface area contributed by atoms with Crippen LogP contribution in [0.3, 0.4) is 0 Å². The number of benzene rings is 2. The number of nitrogens with one attached hydrogen (secondary N) is 3. The molecule has 0 aliphatic heterocycles. The van der Waals surface area contributed by atoms with E-state index in [1.165, 1.54) is 30.3 Å². The predicted molar refractivity (Wildman–Crippen MR) is 98.2 cm³/mol. The second-order valence-electron chi connectivity index (χ2n) is 5.36. The first kappa shape index (κ1) is 21.5. The molecule has 0 aliphatic carbocycles. The Morgan fingerprint density at radius 2 is 1.57 bits per heavy atom. The van der Waals surface area contributed by atoms with Gasteiger partial charge in [0, 0.05) is 5.69 Å². The summed E-state index contributed by atoms with van der Waals surface area (Å²) in [6, 6.07) is 8.49. The maximum Gasteiger partial charge on any atom is 0.418 e. The molecule has 11 heteroatoms. The smallest absolute Gasteiger partial charge is 0.339 e. The summed E-state index contributed by atoms with van der Waals surface area (Å²) in [6.07, 6.45) is -4.66. The first-order valence-corrected chi connectivity index (χ1v) is 8.34. The number of hydrogen-bond donors (Lipinski definition) is 3. The number of amides is 3. The minimum atomic E-state index is -4.66. The summed E-state index contributed by atoms with van der Waals surface area (Å²) in [5.41, 5.74) is -1.31. The minimum Gasteiger partial charge on any atom is -0.339 e. The zero-order valence-electron chi connectivity index (χ0n) is 13.9. The van der Waals surface area contributed by atoms with Crippen LogP contribution >= 0.6 is 23.2 Å². The van der Waals surface area contributed by atoms with Crippen molar-refractivity contribution in [2.75, 3.05) is 17.2 Å². The van der Waals surface area contributed by atoms with Gasteiger partial charge in [0.15, 0.2) is 0 Å². The van der Waals surface area contributed by atoms with E-state index >= 15 is 0 Å². The Morgan fingerprint density at radius 1 is 0.893 bits per heavy atom. The van der Waals surface area contributed by atoms with E-state index in [1.807, 2.05) is 10.6 Å². The minimum absolute atomic E-state index is 0.155. The van der Waals surface area contributed by atoms with Crippen LogP contribution in [0.1, 0.15) is 5.56 Å². The van der Waals surface area contributed by atoms with Crippen LogP contribution in [-0.2, 0) is 20.6 Å². The fourth-order valence-corrected chi connectivity index (χ4v) is 2.33. The number of para-hydroxylation sites is 1. The zero-order chi connectivity index (χ0) is 20.9. The van der Waals surface area contributed by atoms with Gasteiger partial charge in [-0.3, -0.25) is 14.4 Å². The third-order valence-corrected chi connectivity index (χ3v) is 4.04. The van der Waals surface area contributed by atoms with Gasteiger partial charge in [0.1, 0.15) is 0 Å². The second-order valence-corrected chi connectivity index (χ2v) is 6.17. The van der Waals surface area contributed by atoms with Crippen molar-refractivity contribution in [3.63, 3.8) is 0 Å². The summed E-state index contributed by atoms with van der Waals surface area (Å²) in [5.74, 6) is -3.19. The van der Waals surface area contributed by atoms with Gasteiger partial charge in [-0.1, -0.05) is 35.3 Å². The molecule has 0 aliphatic rings. The Labute approximate surface area is 167 Å². The second kappa shape index (κ2) is 8.94. The molecule has 0 fully saturated rings. The van der Waals surface area contributed by atoms with Crippen molar-refractivity contribution in [2.45, 2.75) is 6.18 Å². The molecule has 3 N–H and O–H groups in total. The molecule has 0 saturated carbocycles. The Morgan fingerprint density at radius 3 is 2.21 bits per heavy atom. The molecule has 0 spiro atoms. The van der Waals surface area contributed by atoms with Crippen LogP contribution in [0.25, 0.3) is 0 Å². The van der Waals surface area contributed by atoms with Crippen LogP contribution in [0.15, 0.2) is 42.5 Å². The van der Waals surface area contributed by atoms with E-state index in [0.29, 0.717) is 0 Å². The van der Waals surface area contributed by atoms with Crippen molar-refractivity contribution in [2.24, 2.45) is 0 Å². The molecule has 0 atom stereocenters. The Balaban J connectivity index is 1.91. The number of carbonyl (C=O) groups is 3. The molecule has 0 saturated heterocycles. The van der Waals surface area contributed by atoms with E-state index in [-0.39, 0.29) is 15.7 Å². The topological polar surface area (TPSA) is 87.3 Å². The largest absolute Gasteiger partial charge is 0.418 e. The van der Waals surface area contributed by atoms with E-state index in [2.05, 4.69) is 5.32 Å². The van der Waals surface area contributed by atoms with Gasteiger partial charge in [-0.05, 0) is 30.3 Å². The van der Waals surface area contributed by atoms with E-state index in [4.69, 9.17) is 23.2 Å². The molecular weight excluding hydrogens is 422 g/mol. The zero-order valence-corrected chi connectivity index (χ0v) is 15.4. The lowest BCUT2D eigenvalue weighted by atomic mass is 10.1. The van der Waals surface area contributed by atoms with Crippen LogP contribution in [-0.4, -0.2) is 24.3 Å². The van der Waals surface area contributed by atoms with Crippen LogP contribution in [0.2, 0.25) is 10.0 Å². The Hall–Kier alpha value is -2.78. The Bertz CT molecular complexity index is 920. The number of rotatable bonds is 4. The summed E-state index contributed by atoms with van der Waals surface area (Å²) in [7, 11) is 0. The first-order valence-electron chi connectivity index (χ1n) is 7.58. The third-order valence-electron chi connectivity index (χ3n) is 3.30. The summed E-state index contributed by atoms with van der Waals surface area (Å²) in [4.78, 5) is 35.3. The molecule has 0 unspecified atom stereocenters. The predicted octanol–water partition coefficient (Wildman–Crippen LogP) is 3.71. The Kier molecular flexibility index (Phi) is 6.87. The van der Waals surface area contributed by atoms with E-state index in [0.717, 1.165) is 12.1 Å².